The molecule has 1 aromatic rings. The summed E-state index contributed by atoms with van der Waals surface area (Å²) in [4.78, 5) is 4.02. The van der Waals surface area contributed by atoms with Crippen LogP contribution in [0.25, 0.3) is 0 Å². The average molecular weight is 336 g/mol. The van der Waals surface area contributed by atoms with Gasteiger partial charge in [-0.15, -0.1) is 6.58 Å². The molecule has 3 rings (SSSR count). The molecule has 2 fully saturated rings. The van der Waals surface area contributed by atoms with Crippen molar-refractivity contribution in [1.29, 1.82) is 0 Å². The van der Waals surface area contributed by atoms with Crippen LogP contribution in [-0.2, 0) is 9.84 Å². The number of hydrogen-bond acceptors (Lipinski definition) is 3. The molecule has 0 aliphatic carbocycles. The summed E-state index contributed by atoms with van der Waals surface area (Å²) in [7, 11) is -3.02. The van der Waals surface area contributed by atoms with E-state index in [1.54, 1.807) is 6.08 Å². The average Bonchev–Trinajstić information content (AvgIpc) is 2.81. The van der Waals surface area contributed by atoms with Crippen LogP contribution in [0.1, 0.15) is 11.1 Å². The van der Waals surface area contributed by atoms with Crippen molar-refractivity contribution in [3.63, 3.8) is 0 Å². The molecule has 0 saturated carbocycles. The first-order valence-electron chi connectivity index (χ1n) is 7.32. The van der Waals surface area contributed by atoms with Crippen molar-refractivity contribution in [2.24, 2.45) is 0 Å². The van der Waals surface area contributed by atoms with Gasteiger partial charge in [-0.1, -0.05) is 12.1 Å². The Kier molecular flexibility index (Phi) is 3.77. The lowest BCUT2D eigenvalue weighted by Crippen LogP contribution is -2.37. The van der Waals surface area contributed by atoms with Crippen molar-refractivity contribution in [3.8, 4) is 0 Å². The molecule has 0 spiro atoms. The molecule has 0 N–H and O–H groups in total. The predicted molar refractivity (Wildman–Crippen MR) is 94.1 cm³/mol. The van der Waals surface area contributed by atoms with E-state index >= 15 is 0 Å². The summed E-state index contributed by atoms with van der Waals surface area (Å²) < 4.78 is 24.2. The molecule has 2 saturated heterocycles. The highest BCUT2D eigenvalue weighted by Crippen LogP contribution is 2.35. The third-order valence-electron chi connectivity index (χ3n) is 4.29. The summed E-state index contributed by atoms with van der Waals surface area (Å²) in [6.45, 7) is 8.43. The smallest absolute Gasteiger partial charge is 0.177 e. The van der Waals surface area contributed by atoms with Gasteiger partial charge in [0.05, 0.1) is 23.6 Å². The van der Waals surface area contributed by atoms with Gasteiger partial charge in [-0.05, 0) is 49.3 Å². The normalized spacial score (nSPS) is 26.4. The van der Waals surface area contributed by atoms with Gasteiger partial charge in [-0.25, -0.2) is 8.42 Å². The van der Waals surface area contributed by atoms with E-state index in [2.05, 4.69) is 24.8 Å². The monoisotopic (exact) mass is 336 g/mol. The second kappa shape index (κ2) is 5.35. The van der Waals surface area contributed by atoms with Gasteiger partial charge in [0, 0.05) is 12.2 Å². The third-order valence-corrected chi connectivity index (χ3v) is 6.42. The minimum atomic E-state index is -3.02. The molecule has 0 unspecified atom stereocenters. The minimum Gasteiger partial charge on any atom is -0.339 e. The Labute approximate surface area is 137 Å². The van der Waals surface area contributed by atoms with Crippen LogP contribution in [0, 0.1) is 13.8 Å². The lowest BCUT2D eigenvalue weighted by Gasteiger charge is -2.25. The second-order valence-electron chi connectivity index (χ2n) is 6.15. The van der Waals surface area contributed by atoms with E-state index in [1.165, 1.54) is 0 Å². The number of sulfone groups is 1. The summed E-state index contributed by atoms with van der Waals surface area (Å²) in [5.74, 6) is 0.339. The summed E-state index contributed by atoms with van der Waals surface area (Å²) in [5, 5.41) is 0.704. The Morgan fingerprint density at radius 3 is 2.41 bits per heavy atom. The molecule has 2 heterocycles. The largest absolute Gasteiger partial charge is 0.339 e. The zero-order chi connectivity index (χ0) is 16.1. The van der Waals surface area contributed by atoms with E-state index in [0.717, 1.165) is 16.8 Å². The summed E-state index contributed by atoms with van der Waals surface area (Å²) in [6.07, 6.45) is 1.78. The number of thiocarbonyl (C=S) groups is 1. The first-order valence-corrected chi connectivity index (χ1v) is 9.55. The lowest BCUT2D eigenvalue weighted by atomic mass is 10.1. The highest BCUT2D eigenvalue weighted by molar-refractivity contribution is 7.91. The fraction of sp³-hybridized carbons (Fsp3) is 0.438. The Morgan fingerprint density at radius 1 is 1.23 bits per heavy atom. The molecule has 22 heavy (non-hydrogen) atoms. The number of fused-ring (bicyclic) bond motifs is 1. The van der Waals surface area contributed by atoms with Crippen LogP contribution in [-0.4, -0.2) is 48.6 Å². The van der Waals surface area contributed by atoms with E-state index in [9.17, 15) is 8.42 Å². The molecule has 0 radical (unpaired) electrons. The standard InChI is InChI=1S/C16H20N2O2S2/c1-4-5-17-14-9-22(19,20)10-15(14)18(16(17)21)13-7-11(2)6-12(3)8-13/h4,6-8,14-15H,1,5,9-10H2,2-3H3/t14-,15-/m1/s1. The van der Waals surface area contributed by atoms with Gasteiger partial charge in [0.25, 0.3) is 0 Å². The van der Waals surface area contributed by atoms with E-state index < -0.39 is 9.84 Å². The predicted octanol–water partition coefficient (Wildman–Crippen LogP) is 2.06. The molecule has 2 aliphatic rings. The van der Waals surface area contributed by atoms with Crippen molar-refractivity contribution in [2.45, 2.75) is 25.9 Å². The maximum Gasteiger partial charge on any atom is 0.177 e. The van der Waals surface area contributed by atoms with Crippen molar-refractivity contribution in [2.75, 3.05) is 23.0 Å². The molecule has 1 aromatic carbocycles. The maximum atomic E-state index is 12.1. The topological polar surface area (TPSA) is 40.6 Å². The van der Waals surface area contributed by atoms with Crippen molar-refractivity contribution < 1.29 is 8.42 Å². The Bertz CT molecular complexity index is 722. The van der Waals surface area contributed by atoms with E-state index in [1.807, 2.05) is 23.6 Å². The van der Waals surface area contributed by atoms with Crippen LogP contribution >= 0.6 is 12.2 Å². The van der Waals surface area contributed by atoms with Gasteiger partial charge in [0.2, 0.25) is 0 Å². The molecule has 6 heteroatoms. The van der Waals surface area contributed by atoms with Crippen LogP contribution in [0.3, 0.4) is 0 Å². The van der Waals surface area contributed by atoms with Gasteiger partial charge in [-0.3, -0.25) is 0 Å². The highest BCUT2D eigenvalue weighted by Gasteiger charge is 2.51. The SMILES string of the molecule is C=CCN1C(=S)N(c2cc(C)cc(C)c2)[C@@H]2CS(=O)(=O)C[C@H]21. The fourth-order valence-electron chi connectivity index (χ4n) is 3.52. The van der Waals surface area contributed by atoms with E-state index in [4.69, 9.17) is 12.2 Å². The molecule has 2 atom stereocenters. The van der Waals surface area contributed by atoms with Crippen molar-refractivity contribution in [3.05, 3.63) is 42.0 Å². The maximum absolute atomic E-state index is 12.1. The molecule has 0 bridgehead atoms. The Hall–Kier alpha value is -1.40. The molecular weight excluding hydrogens is 316 g/mol. The van der Waals surface area contributed by atoms with Gasteiger partial charge < -0.3 is 9.80 Å². The van der Waals surface area contributed by atoms with Crippen LogP contribution in [0.15, 0.2) is 30.9 Å². The summed E-state index contributed by atoms with van der Waals surface area (Å²) >= 11 is 5.63. The molecule has 0 aromatic heterocycles. The quantitative estimate of drug-likeness (QED) is 0.624. The fourth-order valence-corrected chi connectivity index (χ4v) is 5.92. The number of rotatable bonds is 3. The van der Waals surface area contributed by atoms with Gasteiger partial charge in [0.15, 0.2) is 14.9 Å². The molecule has 118 valence electrons. The summed E-state index contributed by atoms with van der Waals surface area (Å²) in [5.41, 5.74) is 3.29. The number of nitrogens with zero attached hydrogens (tertiary/aromatic N) is 2. The number of hydrogen-bond donors (Lipinski definition) is 0. The first kappa shape index (κ1) is 15.5. The van der Waals surface area contributed by atoms with Crippen LogP contribution < -0.4 is 4.90 Å². The van der Waals surface area contributed by atoms with Crippen molar-refractivity contribution in [1.82, 2.24) is 4.90 Å². The van der Waals surface area contributed by atoms with Gasteiger partial charge in [0.1, 0.15) is 0 Å². The number of anilines is 1. The molecular formula is C16H20N2O2S2. The minimum absolute atomic E-state index is 0.0729. The molecule has 2 aliphatic heterocycles. The van der Waals surface area contributed by atoms with Crippen LogP contribution in [0.5, 0.6) is 0 Å². The zero-order valence-electron chi connectivity index (χ0n) is 12.8. The van der Waals surface area contributed by atoms with Crippen LogP contribution in [0.4, 0.5) is 5.69 Å². The Balaban J connectivity index is 2.06. The third kappa shape index (κ3) is 2.54. The van der Waals surface area contributed by atoms with Crippen LogP contribution in [0.2, 0.25) is 0 Å². The Morgan fingerprint density at radius 2 is 1.82 bits per heavy atom. The van der Waals surface area contributed by atoms with Crippen molar-refractivity contribution >= 4 is 32.9 Å². The number of aryl methyl sites for hydroxylation is 2. The first-order chi connectivity index (χ1) is 10.3. The van der Waals surface area contributed by atoms with E-state index in [-0.39, 0.29) is 23.6 Å². The second-order valence-corrected chi connectivity index (χ2v) is 8.67. The summed E-state index contributed by atoms with van der Waals surface area (Å²) in [6, 6.07) is 6.07. The molecule has 0 amide bonds. The zero-order valence-corrected chi connectivity index (χ0v) is 14.5. The van der Waals surface area contributed by atoms with E-state index in [0.29, 0.717) is 11.7 Å². The van der Waals surface area contributed by atoms with Gasteiger partial charge in [-0.2, -0.15) is 0 Å². The van der Waals surface area contributed by atoms with Gasteiger partial charge >= 0.3 is 0 Å². The highest BCUT2D eigenvalue weighted by atomic mass is 32.2. The lowest BCUT2D eigenvalue weighted by molar-refractivity contribution is 0.389. The molecule has 4 nitrogen and oxygen atoms in total. The number of benzene rings is 1.